The second kappa shape index (κ2) is 10.2. The van der Waals surface area contributed by atoms with Gasteiger partial charge in [0.15, 0.2) is 16.7 Å². The van der Waals surface area contributed by atoms with Gasteiger partial charge in [-0.15, -0.1) is 0 Å². The van der Waals surface area contributed by atoms with Crippen LogP contribution in [0.25, 0.3) is 6.08 Å². The minimum atomic E-state index is -0.0844. The number of thioether (sulfide) groups is 1. The van der Waals surface area contributed by atoms with Gasteiger partial charge in [0.2, 0.25) is 0 Å². The molecule has 1 aliphatic heterocycles. The predicted molar refractivity (Wildman–Crippen MR) is 130 cm³/mol. The van der Waals surface area contributed by atoms with E-state index >= 15 is 0 Å². The summed E-state index contributed by atoms with van der Waals surface area (Å²) in [6.07, 6.45) is 1.85. The van der Waals surface area contributed by atoms with E-state index in [4.69, 9.17) is 14.5 Å². The zero-order valence-electron chi connectivity index (χ0n) is 18.0. The molecule has 0 unspecified atom stereocenters. The molecule has 4 rings (SSSR count). The third kappa shape index (κ3) is 4.86. The second-order valence-electron chi connectivity index (χ2n) is 7.03. The van der Waals surface area contributed by atoms with Crippen LogP contribution in [0.2, 0.25) is 0 Å². The summed E-state index contributed by atoms with van der Waals surface area (Å²) in [5.74, 6) is 1.18. The fourth-order valence-electron chi connectivity index (χ4n) is 3.36. The Labute approximate surface area is 192 Å². The Bertz CT molecular complexity index is 1140. The van der Waals surface area contributed by atoms with Crippen molar-refractivity contribution in [3.05, 3.63) is 94.9 Å². The Morgan fingerprint density at radius 1 is 0.969 bits per heavy atom. The molecule has 1 amide bonds. The SMILES string of the molecule is CCOc1c(/C=C2\SC(=Nc3ccccc3)N(Cc3ccccc3)C2=O)cccc1OC. The summed E-state index contributed by atoms with van der Waals surface area (Å²) in [6.45, 7) is 2.87. The first-order chi connectivity index (χ1) is 15.7. The third-order valence-corrected chi connectivity index (χ3v) is 5.86. The van der Waals surface area contributed by atoms with E-state index in [1.165, 1.54) is 11.8 Å². The van der Waals surface area contributed by atoms with Gasteiger partial charge in [-0.1, -0.05) is 60.7 Å². The summed E-state index contributed by atoms with van der Waals surface area (Å²) in [6, 6.07) is 25.2. The molecule has 0 spiro atoms. The van der Waals surface area contributed by atoms with Gasteiger partial charge in [-0.05, 0) is 48.5 Å². The molecular formula is C26H24N2O3S. The van der Waals surface area contributed by atoms with Gasteiger partial charge < -0.3 is 9.47 Å². The van der Waals surface area contributed by atoms with Crippen LogP contribution < -0.4 is 9.47 Å². The second-order valence-corrected chi connectivity index (χ2v) is 8.04. The lowest BCUT2D eigenvalue weighted by atomic mass is 10.1. The fraction of sp³-hybridized carbons (Fsp3) is 0.154. The normalized spacial score (nSPS) is 16.1. The molecule has 0 N–H and O–H groups in total. The molecule has 3 aromatic rings. The topological polar surface area (TPSA) is 51.1 Å². The molecule has 5 nitrogen and oxygen atoms in total. The number of rotatable bonds is 7. The van der Waals surface area contributed by atoms with E-state index in [1.807, 2.05) is 91.9 Å². The van der Waals surface area contributed by atoms with Crippen LogP contribution in [0.4, 0.5) is 5.69 Å². The van der Waals surface area contributed by atoms with Crippen LogP contribution in [0.1, 0.15) is 18.1 Å². The minimum Gasteiger partial charge on any atom is -0.493 e. The van der Waals surface area contributed by atoms with Crippen LogP contribution in [0.15, 0.2) is 88.8 Å². The molecule has 162 valence electrons. The van der Waals surface area contributed by atoms with Crippen molar-refractivity contribution in [1.29, 1.82) is 0 Å². The average molecular weight is 445 g/mol. The molecule has 0 aromatic heterocycles. The number of ether oxygens (including phenoxy) is 2. The van der Waals surface area contributed by atoms with Crippen LogP contribution in [0, 0.1) is 0 Å². The largest absolute Gasteiger partial charge is 0.493 e. The highest BCUT2D eigenvalue weighted by atomic mass is 32.2. The molecular weight excluding hydrogens is 420 g/mol. The molecule has 1 aliphatic rings. The number of methoxy groups -OCH3 is 1. The molecule has 0 saturated carbocycles. The molecule has 6 heteroatoms. The van der Waals surface area contributed by atoms with E-state index < -0.39 is 0 Å². The van der Waals surface area contributed by atoms with Crippen LogP contribution in [-0.2, 0) is 11.3 Å². The van der Waals surface area contributed by atoms with Crippen molar-refractivity contribution in [2.24, 2.45) is 4.99 Å². The van der Waals surface area contributed by atoms with Gasteiger partial charge in [0.05, 0.1) is 30.9 Å². The first kappa shape index (κ1) is 21.7. The third-order valence-electron chi connectivity index (χ3n) is 4.86. The Hall–Kier alpha value is -3.51. The average Bonchev–Trinajstić information content (AvgIpc) is 3.10. The molecule has 0 bridgehead atoms. The number of benzene rings is 3. The van der Waals surface area contributed by atoms with Crippen molar-refractivity contribution in [3.63, 3.8) is 0 Å². The van der Waals surface area contributed by atoms with Crippen molar-refractivity contribution in [2.45, 2.75) is 13.5 Å². The molecule has 3 aromatic carbocycles. The number of hydrogen-bond donors (Lipinski definition) is 0. The lowest BCUT2D eigenvalue weighted by molar-refractivity contribution is -0.122. The number of carbonyl (C=O) groups excluding carboxylic acids is 1. The van der Waals surface area contributed by atoms with Crippen molar-refractivity contribution in [2.75, 3.05) is 13.7 Å². The van der Waals surface area contributed by atoms with E-state index in [1.54, 1.807) is 12.0 Å². The molecule has 0 radical (unpaired) electrons. The first-order valence-corrected chi connectivity index (χ1v) is 11.2. The number of carbonyl (C=O) groups is 1. The number of hydrogen-bond acceptors (Lipinski definition) is 5. The Kier molecular flexibility index (Phi) is 6.92. The van der Waals surface area contributed by atoms with Crippen LogP contribution in [0.5, 0.6) is 11.5 Å². The van der Waals surface area contributed by atoms with E-state index in [0.29, 0.717) is 34.7 Å². The van der Waals surface area contributed by atoms with Crippen molar-refractivity contribution in [3.8, 4) is 11.5 Å². The predicted octanol–water partition coefficient (Wildman–Crippen LogP) is 5.90. The zero-order chi connectivity index (χ0) is 22.3. The van der Waals surface area contributed by atoms with Crippen LogP contribution in [0.3, 0.4) is 0 Å². The maximum absolute atomic E-state index is 13.4. The van der Waals surface area contributed by atoms with E-state index in [-0.39, 0.29) is 5.91 Å². The number of amidine groups is 1. The van der Waals surface area contributed by atoms with E-state index in [2.05, 4.69) is 0 Å². The Balaban J connectivity index is 1.73. The first-order valence-electron chi connectivity index (χ1n) is 10.4. The fourth-order valence-corrected chi connectivity index (χ4v) is 4.35. The monoisotopic (exact) mass is 444 g/mol. The van der Waals surface area contributed by atoms with Crippen LogP contribution in [-0.4, -0.2) is 29.7 Å². The summed E-state index contributed by atoms with van der Waals surface area (Å²) >= 11 is 1.37. The lowest BCUT2D eigenvalue weighted by Gasteiger charge is -2.15. The van der Waals surface area contributed by atoms with Crippen molar-refractivity contribution in [1.82, 2.24) is 4.90 Å². The molecule has 32 heavy (non-hydrogen) atoms. The molecule has 0 atom stereocenters. The van der Waals surface area contributed by atoms with Gasteiger partial charge in [-0.2, -0.15) is 0 Å². The van der Waals surface area contributed by atoms with Crippen LogP contribution >= 0.6 is 11.8 Å². The summed E-state index contributed by atoms with van der Waals surface area (Å²) in [5, 5.41) is 0.650. The molecule has 1 heterocycles. The highest BCUT2D eigenvalue weighted by molar-refractivity contribution is 8.18. The van der Waals surface area contributed by atoms with Gasteiger partial charge in [0, 0.05) is 5.56 Å². The van der Waals surface area contributed by atoms with Gasteiger partial charge in [0.1, 0.15) is 0 Å². The van der Waals surface area contributed by atoms with Gasteiger partial charge in [0.25, 0.3) is 5.91 Å². The standard InChI is InChI=1S/C26H24N2O3S/c1-3-31-24-20(13-10-16-22(24)30-2)17-23-25(29)28(18-19-11-6-4-7-12-19)26(32-23)27-21-14-8-5-9-15-21/h4-17H,3,18H2,1-2H3/b23-17-,27-26?. The van der Waals surface area contributed by atoms with Gasteiger partial charge in [-0.25, -0.2) is 4.99 Å². The zero-order valence-corrected chi connectivity index (χ0v) is 18.8. The quantitative estimate of drug-likeness (QED) is 0.426. The Morgan fingerprint density at radius 2 is 1.69 bits per heavy atom. The van der Waals surface area contributed by atoms with E-state index in [9.17, 15) is 4.79 Å². The summed E-state index contributed by atoms with van der Waals surface area (Å²) in [5.41, 5.74) is 2.64. The molecule has 1 saturated heterocycles. The lowest BCUT2D eigenvalue weighted by Crippen LogP contribution is -2.28. The van der Waals surface area contributed by atoms with E-state index in [0.717, 1.165) is 16.8 Å². The maximum atomic E-state index is 13.4. The number of para-hydroxylation sites is 2. The highest BCUT2D eigenvalue weighted by Gasteiger charge is 2.33. The van der Waals surface area contributed by atoms with Crippen molar-refractivity contribution < 1.29 is 14.3 Å². The smallest absolute Gasteiger partial charge is 0.267 e. The van der Waals surface area contributed by atoms with Gasteiger partial charge >= 0.3 is 0 Å². The molecule has 0 aliphatic carbocycles. The Morgan fingerprint density at radius 3 is 2.38 bits per heavy atom. The highest BCUT2D eigenvalue weighted by Crippen LogP contribution is 2.38. The minimum absolute atomic E-state index is 0.0844. The number of nitrogens with zero attached hydrogens (tertiary/aromatic N) is 2. The summed E-state index contributed by atoms with van der Waals surface area (Å²) in [4.78, 5) is 20.5. The van der Waals surface area contributed by atoms with Crippen molar-refractivity contribution >= 4 is 34.6 Å². The summed E-state index contributed by atoms with van der Waals surface area (Å²) in [7, 11) is 1.61. The summed E-state index contributed by atoms with van der Waals surface area (Å²) < 4.78 is 11.3. The van der Waals surface area contributed by atoms with Gasteiger partial charge in [-0.3, -0.25) is 9.69 Å². The number of amides is 1. The number of aliphatic imine (C=N–C) groups is 1. The molecule has 1 fully saturated rings. The maximum Gasteiger partial charge on any atom is 0.267 e.